The van der Waals surface area contributed by atoms with Gasteiger partial charge in [0.1, 0.15) is 0 Å². The predicted molar refractivity (Wildman–Crippen MR) is 91.3 cm³/mol. The number of piperidine rings is 1. The molecular formula is C19H29NO3. The van der Waals surface area contributed by atoms with E-state index in [0.29, 0.717) is 0 Å². The van der Waals surface area contributed by atoms with Crippen molar-refractivity contribution in [2.75, 3.05) is 40.5 Å². The Morgan fingerprint density at radius 3 is 2.04 bits per heavy atom. The number of nitrogens with zero attached hydrogens (tertiary/aromatic N) is 1. The maximum atomic E-state index is 9.04. The number of likely N-dealkylation sites (tertiary alicyclic amines) is 1. The summed E-state index contributed by atoms with van der Waals surface area (Å²) in [6, 6.07) is 4.33. The maximum Gasteiger partial charge on any atom is 0.161 e. The minimum absolute atomic E-state index is 0.284. The smallest absolute Gasteiger partial charge is 0.161 e. The van der Waals surface area contributed by atoms with Crippen molar-refractivity contribution in [3.05, 3.63) is 23.3 Å². The molecule has 23 heavy (non-hydrogen) atoms. The molecule has 128 valence electrons. The lowest BCUT2D eigenvalue weighted by Crippen LogP contribution is -2.36. The summed E-state index contributed by atoms with van der Waals surface area (Å²) < 4.78 is 10.9. The molecule has 0 radical (unpaired) electrons. The molecule has 0 unspecified atom stereocenters. The molecule has 1 aromatic rings. The maximum absolute atomic E-state index is 9.04. The molecule has 4 nitrogen and oxygen atoms in total. The van der Waals surface area contributed by atoms with Crippen LogP contribution in [0.3, 0.4) is 0 Å². The van der Waals surface area contributed by atoms with Crippen molar-refractivity contribution in [1.29, 1.82) is 0 Å². The van der Waals surface area contributed by atoms with Crippen molar-refractivity contribution in [2.24, 2.45) is 11.8 Å². The Kier molecular flexibility index (Phi) is 5.44. The van der Waals surface area contributed by atoms with Crippen LogP contribution in [0.1, 0.15) is 30.4 Å². The molecular weight excluding hydrogens is 290 g/mol. The Hall–Kier alpha value is -1.26. The van der Waals surface area contributed by atoms with Gasteiger partial charge in [0, 0.05) is 6.54 Å². The standard InChI is InChI=1S/C19H29NO3/c1-22-18-12-16-10-15(11-17(16)13-19(18)23-2)9-14-3-5-20(6-4-14)7-8-21/h12-15,21H,3-11H2,1-2H3. The van der Waals surface area contributed by atoms with Gasteiger partial charge in [-0.1, -0.05) is 0 Å². The van der Waals surface area contributed by atoms with Gasteiger partial charge in [0.25, 0.3) is 0 Å². The highest BCUT2D eigenvalue weighted by Gasteiger charge is 2.28. The zero-order chi connectivity index (χ0) is 16.2. The van der Waals surface area contributed by atoms with Crippen molar-refractivity contribution in [3.8, 4) is 11.5 Å². The number of hydrogen-bond acceptors (Lipinski definition) is 4. The Bertz CT molecular complexity index is 491. The van der Waals surface area contributed by atoms with Gasteiger partial charge in [-0.2, -0.15) is 0 Å². The minimum atomic E-state index is 0.284. The van der Waals surface area contributed by atoms with E-state index in [-0.39, 0.29) is 6.61 Å². The topological polar surface area (TPSA) is 41.9 Å². The molecule has 0 aromatic heterocycles. The zero-order valence-electron chi connectivity index (χ0n) is 14.4. The molecule has 0 bridgehead atoms. The molecule has 0 amide bonds. The molecule has 3 rings (SSSR count). The van der Waals surface area contributed by atoms with Crippen LogP contribution in [0.15, 0.2) is 12.1 Å². The van der Waals surface area contributed by atoms with Gasteiger partial charge in [0.2, 0.25) is 0 Å². The van der Waals surface area contributed by atoms with Crippen molar-refractivity contribution in [3.63, 3.8) is 0 Å². The molecule has 2 aliphatic rings. The summed E-state index contributed by atoms with van der Waals surface area (Å²) in [6.45, 7) is 3.41. The van der Waals surface area contributed by atoms with Crippen molar-refractivity contribution in [1.82, 2.24) is 4.90 Å². The molecule has 0 spiro atoms. The number of hydrogen-bond donors (Lipinski definition) is 1. The van der Waals surface area contributed by atoms with Gasteiger partial charge in [-0.15, -0.1) is 0 Å². The highest BCUT2D eigenvalue weighted by Crippen LogP contribution is 2.39. The van der Waals surface area contributed by atoms with E-state index in [0.717, 1.165) is 43.0 Å². The van der Waals surface area contributed by atoms with Crippen LogP contribution in [0.2, 0.25) is 0 Å². The molecule has 1 aliphatic heterocycles. The summed E-state index contributed by atoms with van der Waals surface area (Å²) in [5.41, 5.74) is 2.87. The van der Waals surface area contributed by atoms with Crippen molar-refractivity contribution >= 4 is 0 Å². The molecule has 1 saturated heterocycles. The van der Waals surface area contributed by atoms with Crippen LogP contribution < -0.4 is 9.47 Å². The number of methoxy groups -OCH3 is 2. The summed E-state index contributed by atoms with van der Waals surface area (Å²) in [4.78, 5) is 2.38. The van der Waals surface area contributed by atoms with Crippen LogP contribution in [0.4, 0.5) is 0 Å². The number of ether oxygens (including phenoxy) is 2. The molecule has 1 fully saturated rings. The highest BCUT2D eigenvalue weighted by molar-refractivity contribution is 5.49. The summed E-state index contributed by atoms with van der Waals surface area (Å²) in [6.07, 6.45) is 6.23. The second kappa shape index (κ2) is 7.54. The number of aliphatic hydroxyl groups is 1. The van der Waals surface area contributed by atoms with Crippen LogP contribution in [0.25, 0.3) is 0 Å². The molecule has 1 N–H and O–H groups in total. The van der Waals surface area contributed by atoms with E-state index < -0.39 is 0 Å². The Morgan fingerprint density at radius 1 is 1.00 bits per heavy atom. The number of β-amino-alcohol motifs (C(OH)–C–C–N with tert-alkyl or cyclic N) is 1. The van der Waals surface area contributed by atoms with Crippen LogP contribution in [-0.4, -0.2) is 50.5 Å². The third-order valence-electron chi connectivity index (χ3n) is 5.51. The van der Waals surface area contributed by atoms with E-state index in [2.05, 4.69) is 17.0 Å². The normalized spacial score (nSPS) is 19.8. The Balaban J connectivity index is 1.56. The SMILES string of the molecule is COc1cc2c(cc1OC)CC(CC1CCN(CCO)CC1)C2. The highest BCUT2D eigenvalue weighted by atomic mass is 16.5. The quantitative estimate of drug-likeness (QED) is 0.875. The van der Waals surface area contributed by atoms with Gasteiger partial charge < -0.3 is 19.5 Å². The third-order valence-corrected chi connectivity index (χ3v) is 5.51. The summed E-state index contributed by atoms with van der Waals surface area (Å²) in [5, 5.41) is 9.04. The first-order valence-electron chi connectivity index (χ1n) is 8.80. The van der Waals surface area contributed by atoms with Gasteiger partial charge in [0.05, 0.1) is 20.8 Å². The lowest BCUT2D eigenvalue weighted by Gasteiger charge is -2.32. The fourth-order valence-corrected chi connectivity index (χ4v) is 4.26. The molecule has 4 heteroatoms. The molecule has 1 heterocycles. The van der Waals surface area contributed by atoms with E-state index in [9.17, 15) is 0 Å². The van der Waals surface area contributed by atoms with Crippen LogP contribution >= 0.6 is 0 Å². The van der Waals surface area contributed by atoms with Gasteiger partial charge >= 0.3 is 0 Å². The first kappa shape index (κ1) is 16.6. The van der Waals surface area contributed by atoms with E-state index in [1.807, 2.05) is 0 Å². The second-order valence-corrected chi connectivity index (χ2v) is 6.99. The fourth-order valence-electron chi connectivity index (χ4n) is 4.26. The first-order chi connectivity index (χ1) is 11.2. The Labute approximate surface area is 139 Å². The summed E-state index contributed by atoms with van der Waals surface area (Å²) in [7, 11) is 3.41. The van der Waals surface area contributed by atoms with Crippen LogP contribution in [0, 0.1) is 11.8 Å². The third kappa shape index (κ3) is 3.81. The van der Waals surface area contributed by atoms with E-state index in [4.69, 9.17) is 14.6 Å². The Morgan fingerprint density at radius 2 is 1.57 bits per heavy atom. The lowest BCUT2D eigenvalue weighted by molar-refractivity contribution is 0.138. The first-order valence-corrected chi connectivity index (χ1v) is 8.80. The number of rotatable bonds is 6. The molecule has 1 aromatic carbocycles. The molecule has 1 aliphatic carbocycles. The minimum Gasteiger partial charge on any atom is -0.493 e. The van der Waals surface area contributed by atoms with Crippen molar-refractivity contribution < 1.29 is 14.6 Å². The van der Waals surface area contributed by atoms with Crippen LogP contribution in [0.5, 0.6) is 11.5 Å². The van der Waals surface area contributed by atoms with E-state index in [1.54, 1.807) is 14.2 Å². The van der Waals surface area contributed by atoms with Crippen molar-refractivity contribution in [2.45, 2.75) is 32.1 Å². The van der Waals surface area contributed by atoms with Gasteiger partial charge in [-0.25, -0.2) is 0 Å². The van der Waals surface area contributed by atoms with E-state index >= 15 is 0 Å². The predicted octanol–water partition coefficient (Wildman–Crippen LogP) is 2.51. The van der Waals surface area contributed by atoms with Gasteiger partial charge in [0.15, 0.2) is 11.5 Å². The molecule has 0 saturated carbocycles. The monoisotopic (exact) mass is 319 g/mol. The number of benzene rings is 1. The number of fused-ring (bicyclic) bond motifs is 1. The fraction of sp³-hybridized carbons (Fsp3) is 0.684. The lowest BCUT2D eigenvalue weighted by atomic mass is 9.86. The zero-order valence-corrected chi connectivity index (χ0v) is 14.4. The molecule has 0 atom stereocenters. The average Bonchev–Trinajstić information content (AvgIpc) is 2.96. The van der Waals surface area contributed by atoms with E-state index in [1.165, 1.54) is 43.2 Å². The van der Waals surface area contributed by atoms with Gasteiger partial charge in [-0.3, -0.25) is 0 Å². The average molecular weight is 319 g/mol. The summed E-state index contributed by atoms with van der Waals surface area (Å²) in [5.74, 6) is 3.30. The number of aliphatic hydroxyl groups excluding tert-OH is 1. The summed E-state index contributed by atoms with van der Waals surface area (Å²) >= 11 is 0. The second-order valence-electron chi connectivity index (χ2n) is 6.99. The van der Waals surface area contributed by atoms with Gasteiger partial charge in [-0.05, 0) is 80.3 Å². The van der Waals surface area contributed by atoms with Crippen LogP contribution in [-0.2, 0) is 12.8 Å². The largest absolute Gasteiger partial charge is 0.493 e.